The Kier molecular flexibility index (Phi) is 3.60. The third-order valence-electron chi connectivity index (χ3n) is 3.04. The van der Waals surface area contributed by atoms with E-state index in [1.807, 2.05) is 24.3 Å². The van der Waals surface area contributed by atoms with Crippen LogP contribution in [0.3, 0.4) is 0 Å². The lowest BCUT2D eigenvalue weighted by atomic mass is 10.1. The smallest absolute Gasteiger partial charge is 0.345 e. The number of aryl methyl sites for hydroxylation is 1. The Morgan fingerprint density at radius 2 is 2.09 bits per heavy atom. The second kappa shape index (κ2) is 5.57. The molecule has 2 aromatic heterocycles. The van der Waals surface area contributed by atoms with Gasteiger partial charge in [0.25, 0.3) is 0 Å². The molecule has 0 radical (unpaired) electrons. The maximum Gasteiger partial charge on any atom is 0.345 e. The molecule has 0 saturated carbocycles. The van der Waals surface area contributed by atoms with E-state index in [4.69, 9.17) is 4.74 Å². The van der Waals surface area contributed by atoms with Crippen LogP contribution < -0.4 is 4.74 Å². The van der Waals surface area contributed by atoms with Gasteiger partial charge in [-0.15, -0.1) is 21.5 Å². The van der Waals surface area contributed by atoms with Gasteiger partial charge in [0, 0.05) is 11.1 Å². The molecule has 0 unspecified atom stereocenters. The zero-order valence-electron chi connectivity index (χ0n) is 11.8. The second-order valence-electron chi connectivity index (χ2n) is 4.46. The van der Waals surface area contributed by atoms with Crippen molar-refractivity contribution in [2.45, 2.75) is 0 Å². The zero-order chi connectivity index (χ0) is 15.7. The number of hydrogen-bond donors (Lipinski definition) is 1. The first-order valence-electron chi connectivity index (χ1n) is 6.35. The van der Waals surface area contributed by atoms with E-state index in [9.17, 15) is 9.90 Å². The third kappa shape index (κ3) is 2.44. The number of methoxy groups -OCH3 is 1. The molecule has 0 atom stereocenters. The fourth-order valence-corrected chi connectivity index (χ4v) is 3.11. The minimum atomic E-state index is -0.990. The summed E-state index contributed by atoms with van der Waals surface area (Å²) in [6.45, 7) is 0. The van der Waals surface area contributed by atoms with Crippen molar-refractivity contribution in [2.75, 3.05) is 7.11 Å². The van der Waals surface area contributed by atoms with Crippen molar-refractivity contribution in [3.8, 4) is 27.6 Å². The van der Waals surface area contributed by atoms with Gasteiger partial charge in [-0.25, -0.2) is 4.79 Å². The Morgan fingerprint density at radius 3 is 2.73 bits per heavy atom. The minimum Gasteiger partial charge on any atom is -0.496 e. The van der Waals surface area contributed by atoms with Crippen LogP contribution in [0.2, 0.25) is 0 Å². The number of carboxylic acids is 1. The summed E-state index contributed by atoms with van der Waals surface area (Å²) in [6, 6.07) is 8.98. The van der Waals surface area contributed by atoms with Crippen molar-refractivity contribution in [1.29, 1.82) is 0 Å². The molecule has 0 aliphatic heterocycles. The highest BCUT2D eigenvalue weighted by Crippen LogP contribution is 2.41. The highest BCUT2D eigenvalue weighted by molar-refractivity contribution is 7.18. The molecule has 1 aromatic carbocycles. The maximum absolute atomic E-state index is 11.3. The number of aromatic carboxylic acids is 1. The SMILES string of the molecule is COc1ccccc1-c1sc(C(=O)O)cc1-c1nnn(C)n1. The number of carbonyl (C=O) groups is 1. The number of ether oxygens (including phenoxy) is 1. The summed E-state index contributed by atoms with van der Waals surface area (Å²) >= 11 is 1.16. The van der Waals surface area contributed by atoms with Crippen molar-refractivity contribution in [1.82, 2.24) is 20.2 Å². The van der Waals surface area contributed by atoms with Crippen molar-refractivity contribution in [3.05, 3.63) is 35.2 Å². The lowest BCUT2D eigenvalue weighted by Crippen LogP contribution is -1.92. The normalized spacial score (nSPS) is 10.6. The molecule has 7 nitrogen and oxygen atoms in total. The second-order valence-corrected chi connectivity index (χ2v) is 5.51. The molecule has 0 fully saturated rings. The summed E-state index contributed by atoms with van der Waals surface area (Å²) in [5.74, 6) is 0.0508. The van der Waals surface area contributed by atoms with Gasteiger partial charge in [0.05, 0.1) is 19.0 Å². The van der Waals surface area contributed by atoms with E-state index in [1.165, 1.54) is 4.80 Å². The predicted octanol–water partition coefficient (Wildman–Crippen LogP) is 2.31. The summed E-state index contributed by atoms with van der Waals surface area (Å²) in [4.78, 5) is 13.6. The number of benzene rings is 1. The van der Waals surface area contributed by atoms with Gasteiger partial charge in [-0.05, 0) is 23.4 Å². The number of hydrogen-bond acceptors (Lipinski definition) is 6. The molecule has 0 saturated heterocycles. The molecule has 0 aliphatic rings. The molecular weight excluding hydrogens is 304 g/mol. The van der Waals surface area contributed by atoms with E-state index < -0.39 is 5.97 Å². The van der Waals surface area contributed by atoms with Crippen LogP contribution in [-0.4, -0.2) is 38.4 Å². The van der Waals surface area contributed by atoms with Gasteiger partial charge in [0.15, 0.2) is 0 Å². The quantitative estimate of drug-likeness (QED) is 0.794. The number of tetrazole rings is 1. The largest absolute Gasteiger partial charge is 0.496 e. The van der Waals surface area contributed by atoms with Crippen LogP contribution in [0.15, 0.2) is 30.3 Å². The summed E-state index contributed by atoms with van der Waals surface area (Å²) in [5, 5.41) is 21.2. The van der Waals surface area contributed by atoms with Crippen molar-refractivity contribution < 1.29 is 14.6 Å². The lowest BCUT2D eigenvalue weighted by molar-refractivity contribution is 0.0702. The van der Waals surface area contributed by atoms with Crippen LogP contribution in [0, 0.1) is 0 Å². The summed E-state index contributed by atoms with van der Waals surface area (Å²) in [7, 11) is 3.23. The van der Waals surface area contributed by atoms with E-state index in [-0.39, 0.29) is 4.88 Å². The van der Waals surface area contributed by atoms with Gasteiger partial charge in [-0.1, -0.05) is 12.1 Å². The number of rotatable bonds is 4. The van der Waals surface area contributed by atoms with Crippen LogP contribution in [0.5, 0.6) is 5.75 Å². The van der Waals surface area contributed by atoms with Crippen LogP contribution in [0.1, 0.15) is 9.67 Å². The number of thiophene rings is 1. The van der Waals surface area contributed by atoms with Gasteiger partial charge in [-0.3, -0.25) is 0 Å². The topological polar surface area (TPSA) is 90.1 Å². The van der Waals surface area contributed by atoms with E-state index >= 15 is 0 Å². The van der Waals surface area contributed by atoms with Crippen molar-refractivity contribution in [3.63, 3.8) is 0 Å². The highest BCUT2D eigenvalue weighted by Gasteiger charge is 2.21. The van der Waals surface area contributed by atoms with Crippen molar-refractivity contribution >= 4 is 17.3 Å². The lowest BCUT2D eigenvalue weighted by Gasteiger charge is -2.07. The van der Waals surface area contributed by atoms with E-state index in [1.54, 1.807) is 20.2 Å². The number of para-hydroxylation sites is 1. The zero-order valence-corrected chi connectivity index (χ0v) is 12.7. The molecule has 112 valence electrons. The Balaban J connectivity index is 2.23. The van der Waals surface area contributed by atoms with Crippen LogP contribution in [0.4, 0.5) is 0 Å². The maximum atomic E-state index is 11.3. The molecule has 3 rings (SSSR count). The van der Waals surface area contributed by atoms with Gasteiger partial charge in [-0.2, -0.15) is 4.80 Å². The summed E-state index contributed by atoms with van der Waals surface area (Å²) in [6.07, 6.45) is 0. The van der Waals surface area contributed by atoms with Gasteiger partial charge in [0.1, 0.15) is 10.6 Å². The molecule has 0 spiro atoms. The van der Waals surface area contributed by atoms with Crippen molar-refractivity contribution in [2.24, 2.45) is 7.05 Å². The van der Waals surface area contributed by atoms with Crippen LogP contribution in [-0.2, 0) is 7.05 Å². The van der Waals surface area contributed by atoms with Gasteiger partial charge >= 0.3 is 5.97 Å². The molecule has 0 bridgehead atoms. The molecule has 22 heavy (non-hydrogen) atoms. The predicted molar refractivity (Wildman–Crippen MR) is 81.1 cm³/mol. The fourth-order valence-electron chi connectivity index (χ4n) is 2.09. The Labute approximate surface area is 129 Å². The molecule has 0 amide bonds. The Morgan fingerprint density at radius 1 is 1.32 bits per heavy atom. The summed E-state index contributed by atoms with van der Waals surface area (Å²) < 4.78 is 5.36. The molecule has 2 heterocycles. The Hall–Kier alpha value is -2.74. The van der Waals surface area contributed by atoms with Crippen LogP contribution in [0.25, 0.3) is 21.8 Å². The Bertz CT molecular complexity index is 840. The number of aromatic nitrogens is 4. The highest BCUT2D eigenvalue weighted by atomic mass is 32.1. The van der Waals surface area contributed by atoms with Gasteiger partial charge in [0.2, 0.25) is 5.82 Å². The average Bonchev–Trinajstić information content (AvgIpc) is 3.13. The molecule has 0 aliphatic carbocycles. The monoisotopic (exact) mass is 316 g/mol. The summed E-state index contributed by atoms with van der Waals surface area (Å²) in [5.41, 5.74) is 1.42. The standard InChI is InChI=1S/C14H12N4O3S/c1-18-16-13(15-17-18)9-7-11(14(19)20)22-12(9)8-5-3-4-6-10(8)21-2/h3-7H,1-2H3,(H,19,20). The first-order valence-corrected chi connectivity index (χ1v) is 7.16. The molecule has 8 heteroatoms. The van der Waals surface area contributed by atoms with E-state index in [0.29, 0.717) is 17.1 Å². The first kappa shape index (κ1) is 14.2. The molecule has 1 N–H and O–H groups in total. The molecule has 3 aromatic rings. The van der Waals surface area contributed by atoms with E-state index in [0.717, 1.165) is 21.8 Å². The number of nitrogens with zero attached hydrogens (tertiary/aromatic N) is 4. The van der Waals surface area contributed by atoms with Crippen LogP contribution >= 0.6 is 11.3 Å². The fraction of sp³-hybridized carbons (Fsp3) is 0.143. The first-order chi connectivity index (χ1) is 10.6. The number of carboxylic acid groups (broad SMARTS) is 1. The third-order valence-corrected chi connectivity index (χ3v) is 4.20. The average molecular weight is 316 g/mol. The van der Waals surface area contributed by atoms with Gasteiger partial charge < -0.3 is 9.84 Å². The van der Waals surface area contributed by atoms with E-state index in [2.05, 4.69) is 15.4 Å². The molecular formula is C14H12N4O3S. The minimum absolute atomic E-state index is 0.211.